The van der Waals surface area contributed by atoms with Gasteiger partial charge in [-0.2, -0.15) is 8.42 Å². The van der Waals surface area contributed by atoms with E-state index in [0.29, 0.717) is 0 Å². The first-order valence-electron chi connectivity index (χ1n) is 2.18. The molecule has 0 aliphatic carbocycles. The molecule has 1 atom stereocenters. The Kier molecular flexibility index (Phi) is 2.18. The summed E-state index contributed by atoms with van der Waals surface area (Å²) in [6.07, 6.45) is 0. The normalized spacial score (nSPS) is 19.1. The van der Waals surface area contributed by atoms with Gasteiger partial charge in [0.15, 0.2) is 4.87 Å². The summed E-state index contributed by atoms with van der Waals surface area (Å²) < 4.78 is 28.5. The van der Waals surface area contributed by atoms with Crippen molar-refractivity contribution < 1.29 is 18.1 Å². The van der Waals surface area contributed by atoms with Crippen molar-refractivity contribution in [1.82, 2.24) is 0 Å². The predicted octanol–water partition coefficient (Wildman–Crippen LogP) is -1.46. The summed E-state index contributed by atoms with van der Waals surface area (Å²) in [6.45, 7) is 0.216. The molecule has 0 saturated heterocycles. The molecular weight excluding hydrogens is 146 g/mol. The second kappa shape index (κ2) is 2.22. The van der Waals surface area contributed by atoms with Crippen LogP contribution in [0.4, 0.5) is 0 Å². The third-order valence-corrected chi connectivity index (χ3v) is 2.21. The smallest absolute Gasteiger partial charge is 0.285 e. The molecule has 0 aliphatic rings. The van der Waals surface area contributed by atoms with E-state index in [-0.39, 0.29) is 0 Å². The van der Waals surface area contributed by atoms with E-state index in [4.69, 9.17) is 15.4 Å². The highest BCUT2D eigenvalue weighted by Crippen LogP contribution is 2.04. The molecule has 1 unspecified atom stereocenters. The summed E-state index contributed by atoms with van der Waals surface area (Å²) in [6, 6.07) is 0. The summed E-state index contributed by atoms with van der Waals surface area (Å²) in [5, 5.41) is 8.27. The molecule has 0 radical (unpaired) electrons. The Morgan fingerprint density at radius 2 is 2.00 bits per heavy atom. The van der Waals surface area contributed by atoms with Gasteiger partial charge in [0.2, 0.25) is 0 Å². The van der Waals surface area contributed by atoms with E-state index in [1.54, 1.807) is 0 Å². The molecule has 0 aromatic carbocycles. The molecule has 0 spiro atoms. The maximum atomic E-state index is 10.2. The first-order valence-corrected chi connectivity index (χ1v) is 3.62. The summed E-state index contributed by atoms with van der Waals surface area (Å²) in [5.74, 6) is 0. The largest absolute Gasteiger partial charge is 0.393 e. The number of hydrogen-bond donors (Lipinski definition) is 3. The van der Waals surface area contributed by atoms with Crippen molar-refractivity contribution in [2.45, 2.75) is 11.8 Å². The zero-order valence-corrected chi connectivity index (χ0v) is 5.72. The van der Waals surface area contributed by atoms with Crippen LogP contribution in [0.1, 0.15) is 6.92 Å². The summed E-state index contributed by atoms with van der Waals surface area (Å²) in [5.41, 5.74) is 4.91. The standard InChI is InChI=1S/C3H9NO4S/c1-3(4,2-5)9(6,7)8/h5H,2,4H2,1H3,(H,6,7,8). The highest BCUT2D eigenvalue weighted by molar-refractivity contribution is 7.87. The summed E-state index contributed by atoms with van der Waals surface area (Å²) >= 11 is 0. The topological polar surface area (TPSA) is 101 Å². The maximum absolute atomic E-state index is 10.2. The molecular formula is C3H9NO4S. The van der Waals surface area contributed by atoms with Crippen molar-refractivity contribution in [3.05, 3.63) is 0 Å². The molecule has 5 nitrogen and oxygen atoms in total. The Morgan fingerprint density at radius 3 is 2.00 bits per heavy atom. The van der Waals surface area contributed by atoms with Crippen LogP contribution in [0.3, 0.4) is 0 Å². The third-order valence-electron chi connectivity index (χ3n) is 0.903. The molecule has 0 saturated carbocycles. The SMILES string of the molecule is CC(N)(CO)S(=O)(=O)O. The van der Waals surface area contributed by atoms with E-state index >= 15 is 0 Å². The molecule has 0 aliphatic heterocycles. The molecule has 0 amide bonds. The van der Waals surface area contributed by atoms with E-state index < -0.39 is 21.6 Å². The molecule has 56 valence electrons. The van der Waals surface area contributed by atoms with Crippen LogP contribution in [0, 0.1) is 0 Å². The Morgan fingerprint density at radius 1 is 1.67 bits per heavy atom. The second-order valence-corrected chi connectivity index (χ2v) is 3.83. The molecule has 6 heteroatoms. The lowest BCUT2D eigenvalue weighted by atomic mass is 10.4. The van der Waals surface area contributed by atoms with Gasteiger partial charge in [0, 0.05) is 0 Å². The fourth-order valence-corrected chi connectivity index (χ4v) is 0.245. The highest BCUT2D eigenvalue weighted by atomic mass is 32.2. The minimum absolute atomic E-state index is 0.800. The fraction of sp³-hybridized carbons (Fsp3) is 1.00. The van der Waals surface area contributed by atoms with Gasteiger partial charge in [-0.1, -0.05) is 0 Å². The Labute approximate surface area is 53.2 Å². The molecule has 0 fully saturated rings. The minimum Gasteiger partial charge on any atom is -0.393 e. The zero-order chi connectivity index (χ0) is 7.71. The quantitative estimate of drug-likeness (QED) is 0.423. The molecule has 0 aromatic rings. The highest BCUT2D eigenvalue weighted by Gasteiger charge is 2.32. The summed E-state index contributed by atoms with van der Waals surface area (Å²) in [4.78, 5) is -1.94. The number of nitrogens with two attached hydrogens (primary N) is 1. The van der Waals surface area contributed by atoms with E-state index in [1.807, 2.05) is 0 Å². The van der Waals surface area contributed by atoms with Gasteiger partial charge in [0.25, 0.3) is 10.1 Å². The number of aliphatic hydroxyl groups excluding tert-OH is 1. The minimum atomic E-state index is -4.32. The summed E-state index contributed by atoms with van der Waals surface area (Å²) in [7, 11) is -4.32. The van der Waals surface area contributed by atoms with Gasteiger partial charge >= 0.3 is 0 Å². The van der Waals surface area contributed by atoms with E-state index in [2.05, 4.69) is 0 Å². The van der Waals surface area contributed by atoms with Crippen LogP contribution >= 0.6 is 0 Å². The van der Waals surface area contributed by atoms with Crippen LogP contribution in [-0.4, -0.2) is 29.6 Å². The van der Waals surface area contributed by atoms with Crippen molar-refractivity contribution in [3.63, 3.8) is 0 Å². The van der Waals surface area contributed by atoms with Gasteiger partial charge in [-0.25, -0.2) is 0 Å². The van der Waals surface area contributed by atoms with Gasteiger partial charge in [0.05, 0.1) is 6.61 Å². The number of aliphatic hydroxyl groups is 1. The van der Waals surface area contributed by atoms with Gasteiger partial charge in [-0.05, 0) is 6.92 Å². The van der Waals surface area contributed by atoms with Crippen molar-refractivity contribution >= 4 is 10.1 Å². The first-order chi connectivity index (χ1) is 3.81. The van der Waals surface area contributed by atoms with Crippen LogP contribution in [-0.2, 0) is 10.1 Å². The van der Waals surface area contributed by atoms with Crippen molar-refractivity contribution in [2.24, 2.45) is 5.73 Å². The molecule has 9 heavy (non-hydrogen) atoms. The average Bonchev–Trinajstić information content (AvgIpc) is 1.64. The van der Waals surface area contributed by atoms with Gasteiger partial charge in [-0.3, -0.25) is 4.55 Å². The van der Waals surface area contributed by atoms with Crippen LogP contribution in [0.2, 0.25) is 0 Å². The van der Waals surface area contributed by atoms with Crippen molar-refractivity contribution in [1.29, 1.82) is 0 Å². The third kappa shape index (κ3) is 1.90. The first kappa shape index (κ1) is 8.83. The molecule has 0 bridgehead atoms. The van der Waals surface area contributed by atoms with E-state index in [9.17, 15) is 8.42 Å². The predicted molar refractivity (Wildman–Crippen MR) is 31.2 cm³/mol. The average molecular weight is 155 g/mol. The molecule has 0 heterocycles. The number of hydrogen-bond acceptors (Lipinski definition) is 4. The Bertz CT molecular complexity index is 182. The van der Waals surface area contributed by atoms with Gasteiger partial charge in [0.1, 0.15) is 0 Å². The molecule has 0 rings (SSSR count). The monoisotopic (exact) mass is 155 g/mol. The van der Waals surface area contributed by atoms with Crippen LogP contribution < -0.4 is 5.73 Å². The number of rotatable bonds is 2. The van der Waals surface area contributed by atoms with Gasteiger partial charge < -0.3 is 10.8 Å². The zero-order valence-electron chi connectivity index (χ0n) is 4.90. The maximum Gasteiger partial charge on any atom is 0.285 e. The Hall–Kier alpha value is -0.170. The second-order valence-electron chi connectivity index (χ2n) is 1.95. The van der Waals surface area contributed by atoms with Crippen LogP contribution in [0.15, 0.2) is 0 Å². The Balaban J connectivity index is 4.56. The van der Waals surface area contributed by atoms with Crippen molar-refractivity contribution in [3.8, 4) is 0 Å². The van der Waals surface area contributed by atoms with Crippen LogP contribution in [0.25, 0.3) is 0 Å². The van der Waals surface area contributed by atoms with E-state index in [1.165, 1.54) is 0 Å². The van der Waals surface area contributed by atoms with Crippen LogP contribution in [0.5, 0.6) is 0 Å². The van der Waals surface area contributed by atoms with E-state index in [0.717, 1.165) is 6.92 Å². The fourth-order valence-electron chi connectivity index (χ4n) is 0.0816. The lowest BCUT2D eigenvalue weighted by molar-refractivity contribution is 0.244. The lowest BCUT2D eigenvalue weighted by Crippen LogP contribution is -2.47. The van der Waals surface area contributed by atoms with Crippen molar-refractivity contribution in [2.75, 3.05) is 6.61 Å². The lowest BCUT2D eigenvalue weighted by Gasteiger charge is -2.16. The van der Waals surface area contributed by atoms with Gasteiger partial charge in [-0.15, -0.1) is 0 Å². The molecule has 4 N–H and O–H groups in total. The molecule has 0 aromatic heterocycles.